The molecule has 3 saturated heterocycles. The van der Waals surface area contributed by atoms with Crippen LogP contribution in [-0.4, -0.2) is 99.9 Å². The van der Waals surface area contributed by atoms with Gasteiger partial charge in [-0.25, -0.2) is 4.98 Å². The first-order chi connectivity index (χ1) is 20.5. The number of nitrogens with zero attached hydrogens (tertiary/aromatic N) is 9. The molecule has 4 aliphatic rings. The number of carbonyl (C=O) groups is 1. The molecule has 1 amide bonds. The van der Waals surface area contributed by atoms with Crippen molar-refractivity contribution in [3.05, 3.63) is 34.6 Å². The Morgan fingerprint density at radius 1 is 1.10 bits per heavy atom. The Labute approximate surface area is 247 Å². The summed E-state index contributed by atoms with van der Waals surface area (Å²) in [4.78, 5) is 28.2. The molecule has 3 aliphatic heterocycles. The summed E-state index contributed by atoms with van der Waals surface area (Å²) in [5.74, 6) is 1.01. The van der Waals surface area contributed by atoms with E-state index in [2.05, 4.69) is 47.6 Å². The number of fused-ring (bicyclic) bond motifs is 1. The number of ether oxygens (including phenoxy) is 1. The lowest BCUT2D eigenvalue weighted by molar-refractivity contribution is -0.143. The molecule has 5 heterocycles. The lowest BCUT2D eigenvalue weighted by atomic mass is 10.0. The van der Waals surface area contributed by atoms with Gasteiger partial charge in [-0.3, -0.25) is 9.69 Å². The van der Waals surface area contributed by atoms with Crippen molar-refractivity contribution in [2.75, 3.05) is 68.0 Å². The zero-order chi connectivity index (χ0) is 28.8. The van der Waals surface area contributed by atoms with Crippen molar-refractivity contribution < 1.29 is 9.53 Å². The summed E-state index contributed by atoms with van der Waals surface area (Å²) < 4.78 is 6.84. The molecule has 1 saturated carbocycles. The average Bonchev–Trinajstić information content (AvgIpc) is 3.44. The summed E-state index contributed by atoms with van der Waals surface area (Å²) in [6.07, 6.45) is 4.38. The Hall–Kier alpha value is -4.17. The predicted octanol–water partition coefficient (Wildman–Crippen LogP) is 2.21. The number of benzene rings is 1. The molecule has 0 spiro atoms. The topological polar surface area (TPSA) is 151 Å². The second-order valence-corrected chi connectivity index (χ2v) is 11.6. The highest BCUT2D eigenvalue weighted by Gasteiger charge is 2.39. The van der Waals surface area contributed by atoms with Gasteiger partial charge < -0.3 is 25.2 Å². The molecule has 13 nitrogen and oxygen atoms in total. The number of imidazole rings is 1. The van der Waals surface area contributed by atoms with Crippen LogP contribution in [0.2, 0.25) is 5.02 Å². The normalized spacial score (nSPS) is 21.2. The van der Waals surface area contributed by atoms with E-state index in [0.29, 0.717) is 53.0 Å². The Balaban J connectivity index is 1.06. The smallest absolute Gasteiger partial charge is 0.247 e. The SMILES string of the molecule is N#Cc1cc(Nc2nc(NC3CC3)c3ncc(C#N)n3n2)c(Cl)c(N2CCN(C3CN(C(=O)C4CCOC4)C3)CC2)c1. The molecule has 0 radical (unpaired) electrons. The first-order valence-electron chi connectivity index (χ1n) is 14.3. The van der Waals surface area contributed by atoms with Gasteiger partial charge >= 0.3 is 0 Å². The summed E-state index contributed by atoms with van der Waals surface area (Å²) in [5, 5.41) is 30.8. The van der Waals surface area contributed by atoms with Gasteiger partial charge in [-0.05, 0) is 31.4 Å². The van der Waals surface area contributed by atoms with E-state index in [4.69, 9.17) is 16.3 Å². The molecule has 2 aromatic heterocycles. The van der Waals surface area contributed by atoms with E-state index in [1.807, 2.05) is 11.0 Å². The monoisotopic (exact) mass is 587 g/mol. The molecule has 2 N–H and O–H groups in total. The van der Waals surface area contributed by atoms with Gasteiger partial charge in [0.15, 0.2) is 17.2 Å². The van der Waals surface area contributed by atoms with Crippen LogP contribution in [0.1, 0.15) is 30.5 Å². The van der Waals surface area contributed by atoms with Crippen LogP contribution in [0.25, 0.3) is 5.65 Å². The number of halogens is 1. The van der Waals surface area contributed by atoms with Crippen molar-refractivity contribution in [1.82, 2.24) is 29.4 Å². The number of hydrogen-bond donors (Lipinski definition) is 2. The number of piperazine rings is 1. The van der Waals surface area contributed by atoms with Crippen molar-refractivity contribution in [1.29, 1.82) is 10.5 Å². The second kappa shape index (κ2) is 10.9. The summed E-state index contributed by atoms with van der Waals surface area (Å²) in [6.45, 7) is 5.91. The van der Waals surface area contributed by atoms with Crippen LogP contribution in [0, 0.1) is 28.6 Å². The van der Waals surface area contributed by atoms with Gasteiger partial charge in [-0.1, -0.05) is 11.6 Å². The van der Waals surface area contributed by atoms with Crippen molar-refractivity contribution in [3.8, 4) is 12.1 Å². The molecule has 1 atom stereocenters. The first-order valence-corrected chi connectivity index (χ1v) is 14.7. The van der Waals surface area contributed by atoms with E-state index in [-0.39, 0.29) is 23.5 Å². The number of carbonyl (C=O) groups excluding carboxylic acids is 1. The zero-order valence-electron chi connectivity index (χ0n) is 23.0. The predicted molar refractivity (Wildman–Crippen MR) is 155 cm³/mol. The number of likely N-dealkylation sites (tertiary alicyclic amines) is 1. The van der Waals surface area contributed by atoms with Crippen molar-refractivity contribution in [2.24, 2.45) is 5.92 Å². The second-order valence-electron chi connectivity index (χ2n) is 11.3. The van der Waals surface area contributed by atoms with Gasteiger partial charge in [0.05, 0.1) is 46.8 Å². The molecule has 14 heteroatoms. The number of amides is 1. The molecule has 216 valence electrons. The number of rotatable bonds is 7. The van der Waals surface area contributed by atoms with Crippen LogP contribution in [-0.2, 0) is 9.53 Å². The van der Waals surface area contributed by atoms with E-state index in [9.17, 15) is 15.3 Å². The van der Waals surface area contributed by atoms with Crippen molar-refractivity contribution >= 4 is 46.3 Å². The van der Waals surface area contributed by atoms with Gasteiger partial charge in [0.25, 0.3) is 0 Å². The maximum absolute atomic E-state index is 12.6. The minimum Gasteiger partial charge on any atom is -0.381 e. The van der Waals surface area contributed by atoms with Gasteiger partial charge in [0.1, 0.15) is 6.07 Å². The molecule has 0 bridgehead atoms. The maximum Gasteiger partial charge on any atom is 0.247 e. The third kappa shape index (κ3) is 5.04. The fourth-order valence-corrected chi connectivity index (χ4v) is 6.10. The highest BCUT2D eigenvalue weighted by molar-refractivity contribution is 6.36. The average molecular weight is 588 g/mol. The molecule has 1 aliphatic carbocycles. The maximum atomic E-state index is 12.6. The fraction of sp³-hybridized carbons (Fsp3) is 0.500. The Morgan fingerprint density at radius 2 is 1.90 bits per heavy atom. The molecule has 1 aromatic carbocycles. The third-order valence-corrected chi connectivity index (χ3v) is 8.85. The van der Waals surface area contributed by atoms with Crippen LogP contribution >= 0.6 is 11.6 Å². The number of hydrogen-bond acceptors (Lipinski definition) is 11. The van der Waals surface area contributed by atoms with E-state index in [1.165, 1.54) is 10.7 Å². The summed E-state index contributed by atoms with van der Waals surface area (Å²) >= 11 is 6.94. The largest absolute Gasteiger partial charge is 0.381 e. The lowest BCUT2D eigenvalue weighted by Crippen LogP contribution is -2.65. The highest BCUT2D eigenvalue weighted by Crippen LogP contribution is 2.37. The van der Waals surface area contributed by atoms with Crippen LogP contribution in [0.15, 0.2) is 18.3 Å². The minimum absolute atomic E-state index is 0.0156. The van der Waals surface area contributed by atoms with E-state index >= 15 is 0 Å². The standard InChI is InChI=1S/C28H30ClN11O2/c29-24-22(34-28-35-25(33-19-1-2-19)26-32-13-20(12-31)40(26)36-28)9-17(11-30)10-23(24)38-6-4-37(5-7-38)21-14-39(15-21)27(41)18-3-8-42-16-18/h9-10,13,18-19,21H,1-8,14-16H2,(H2,33,34,35,36). The van der Waals surface area contributed by atoms with E-state index in [1.54, 1.807) is 6.07 Å². The van der Waals surface area contributed by atoms with Gasteiger partial charge in [0.2, 0.25) is 11.9 Å². The number of aromatic nitrogens is 4. The van der Waals surface area contributed by atoms with Crippen molar-refractivity contribution in [3.63, 3.8) is 0 Å². The van der Waals surface area contributed by atoms with E-state index < -0.39 is 0 Å². The Bertz CT molecular complexity index is 1600. The molecular formula is C28H30ClN11O2. The number of nitrogens with one attached hydrogen (secondary N) is 2. The lowest BCUT2D eigenvalue weighted by Gasteiger charge is -2.49. The van der Waals surface area contributed by atoms with Gasteiger partial charge in [-0.15, -0.1) is 5.10 Å². The molecule has 3 aromatic rings. The molecular weight excluding hydrogens is 558 g/mol. The van der Waals surface area contributed by atoms with Crippen LogP contribution in [0.5, 0.6) is 0 Å². The Morgan fingerprint density at radius 3 is 2.60 bits per heavy atom. The van der Waals surface area contributed by atoms with Gasteiger partial charge in [0, 0.05) is 58.0 Å². The quantitative estimate of drug-likeness (QED) is 0.418. The summed E-state index contributed by atoms with van der Waals surface area (Å²) in [6, 6.07) is 8.52. The van der Waals surface area contributed by atoms with Crippen molar-refractivity contribution in [2.45, 2.75) is 31.3 Å². The number of nitriles is 2. The zero-order valence-corrected chi connectivity index (χ0v) is 23.7. The summed E-state index contributed by atoms with van der Waals surface area (Å²) in [5.41, 5.74) is 2.50. The molecule has 7 rings (SSSR count). The van der Waals surface area contributed by atoms with Crippen LogP contribution in [0.3, 0.4) is 0 Å². The molecule has 1 unspecified atom stereocenters. The number of anilines is 4. The van der Waals surface area contributed by atoms with Crippen LogP contribution in [0.4, 0.5) is 23.1 Å². The summed E-state index contributed by atoms with van der Waals surface area (Å²) in [7, 11) is 0. The molecule has 42 heavy (non-hydrogen) atoms. The Kier molecular flexibility index (Phi) is 6.94. The van der Waals surface area contributed by atoms with Crippen LogP contribution < -0.4 is 15.5 Å². The molecule has 4 fully saturated rings. The highest BCUT2D eigenvalue weighted by atomic mass is 35.5. The minimum atomic E-state index is 0.0156. The van der Waals surface area contributed by atoms with Gasteiger partial charge in [-0.2, -0.15) is 20.0 Å². The third-order valence-electron chi connectivity index (χ3n) is 8.45. The first kappa shape index (κ1) is 26.7. The fourth-order valence-electron chi connectivity index (χ4n) is 5.83. The van der Waals surface area contributed by atoms with E-state index in [0.717, 1.165) is 64.2 Å².